The molecule has 4 nitrogen and oxygen atoms in total. The smallest absolute Gasteiger partial charge is 0.348 e. The Morgan fingerprint density at radius 1 is 1.35 bits per heavy atom. The van der Waals surface area contributed by atoms with Crippen LogP contribution in [-0.4, -0.2) is 29.9 Å². The van der Waals surface area contributed by atoms with Gasteiger partial charge in [-0.3, -0.25) is 0 Å². The molecule has 1 aliphatic rings. The van der Waals surface area contributed by atoms with Crippen LogP contribution in [0, 0.1) is 0 Å². The third-order valence-electron chi connectivity index (χ3n) is 2.83. The number of carbonyl (C=O) groups is 1. The lowest BCUT2D eigenvalue weighted by atomic mass is 9.94. The van der Waals surface area contributed by atoms with Crippen LogP contribution in [0.5, 0.6) is 5.75 Å². The molecule has 2 rings (SSSR count). The molecule has 1 aromatic carbocycles. The molecule has 1 fully saturated rings. The molecule has 0 unspecified atom stereocenters. The molecule has 0 atom stereocenters. The summed E-state index contributed by atoms with van der Waals surface area (Å²) in [7, 11) is 0. The quantitative estimate of drug-likeness (QED) is 0.902. The predicted octanol–water partition coefficient (Wildman–Crippen LogP) is 2.35. The molecule has 5 heteroatoms. The second kappa shape index (κ2) is 4.94. The Morgan fingerprint density at radius 3 is 2.59 bits per heavy atom. The first kappa shape index (κ1) is 12.2. The highest BCUT2D eigenvalue weighted by Crippen LogP contribution is 2.32. The number of hydrogen-bond acceptors (Lipinski definition) is 3. The number of hydrogen-bond donors (Lipinski definition) is 1. The fraction of sp³-hybridized carbons (Fsp3) is 0.417. The maximum Gasteiger partial charge on any atom is 0.348 e. The van der Waals surface area contributed by atoms with Crippen molar-refractivity contribution < 1.29 is 19.4 Å². The van der Waals surface area contributed by atoms with Crippen molar-refractivity contribution in [3.05, 3.63) is 29.3 Å². The summed E-state index contributed by atoms with van der Waals surface area (Å²) in [6, 6.07) is 6.87. The van der Waals surface area contributed by atoms with E-state index in [-0.39, 0.29) is 0 Å². The first-order valence-electron chi connectivity index (χ1n) is 5.39. The van der Waals surface area contributed by atoms with Crippen LogP contribution < -0.4 is 4.74 Å². The van der Waals surface area contributed by atoms with E-state index >= 15 is 0 Å². The maximum absolute atomic E-state index is 11.4. The van der Waals surface area contributed by atoms with E-state index in [2.05, 4.69) is 0 Å². The predicted molar refractivity (Wildman–Crippen MR) is 62.5 cm³/mol. The van der Waals surface area contributed by atoms with Gasteiger partial charge in [0.1, 0.15) is 5.75 Å². The van der Waals surface area contributed by atoms with Gasteiger partial charge >= 0.3 is 5.97 Å². The second-order valence-corrected chi connectivity index (χ2v) is 4.35. The minimum absolute atomic E-state index is 0.327. The zero-order valence-electron chi connectivity index (χ0n) is 9.19. The largest absolute Gasteiger partial charge is 0.478 e. The standard InChI is InChI=1S/C12H13ClO4/c13-9-3-1-2-4-10(9)17-12(11(14)15)5-7-16-8-6-12/h1-4H,5-8H2,(H,14,15). The number of carboxylic acid groups (broad SMARTS) is 1. The zero-order valence-corrected chi connectivity index (χ0v) is 9.94. The van der Waals surface area contributed by atoms with E-state index in [0.717, 1.165) is 0 Å². The van der Waals surface area contributed by atoms with Gasteiger partial charge in [-0.25, -0.2) is 4.79 Å². The Labute approximate surface area is 104 Å². The maximum atomic E-state index is 11.4. The molecule has 17 heavy (non-hydrogen) atoms. The Bertz CT molecular complexity index is 413. The van der Waals surface area contributed by atoms with E-state index in [1.165, 1.54) is 0 Å². The summed E-state index contributed by atoms with van der Waals surface area (Å²) in [5, 5.41) is 9.73. The van der Waals surface area contributed by atoms with Crippen LogP contribution >= 0.6 is 11.6 Å². The first-order chi connectivity index (χ1) is 8.14. The van der Waals surface area contributed by atoms with Crippen molar-refractivity contribution in [3.8, 4) is 5.75 Å². The summed E-state index contributed by atoms with van der Waals surface area (Å²) in [6.45, 7) is 0.771. The summed E-state index contributed by atoms with van der Waals surface area (Å²) in [4.78, 5) is 11.4. The fourth-order valence-corrected chi connectivity index (χ4v) is 1.97. The Hall–Kier alpha value is -1.26. The van der Waals surface area contributed by atoms with Crippen LogP contribution in [0.1, 0.15) is 12.8 Å². The molecule has 1 aromatic rings. The van der Waals surface area contributed by atoms with Crippen LogP contribution in [0.4, 0.5) is 0 Å². The molecule has 1 aliphatic heterocycles. The van der Waals surface area contributed by atoms with Gasteiger partial charge in [-0.15, -0.1) is 0 Å². The van der Waals surface area contributed by atoms with Crippen molar-refractivity contribution >= 4 is 17.6 Å². The average Bonchev–Trinajstić information content (AvgIpc) is 2.33. The average molecular weight is 257 g/mol. The summed E-state index contributed by atoms with van der Waals surface area (Å²) in [5.74, 6) is -0.570. The van der Waals surface area contributed by atoms with Gasteiger partial charge in [0.05, 0.1) is 18.2 Å². The van der Waals surface area contributed by atoms with Crippen LogP contribution in [-0.2, 0) is 9.53 Å². The Kier molecular flexibility index (Phi) is 3.54. The lowest BCUT2D eigenvalue weighted by molar-refractivity contribution is -0.163. The minimum Gasteiger partial charge on any atom is -0.478 e. The summed E-state index contributed by atoms with van der Waals surface area (Å²) < 4.78 is 10.8. The van der Waals surface area contributed by atoms with Gasteiger partial charge < -0.3 is 14.6 Å². The lowest BCUT2D eigenvalue weighted by Crippen LogP contribution is -2.49. The van der Waals surface area contributed by atoms with Crippen molar-refractivity contribution in [2.45, 2.75) is 18.4 Å². The second-order valence-electron chi connectivity index (χ2n) is 3.94. The van der Waals surface area contributed by atoms with Crippen LogP contribution in [0.2, 0.25) is 5.02 Å². The van der Waals surface area contributed by atoms with Gasteiger partial charge in [0, 0.05) is 12.8 Å². The number of ether oxygens (including phenoxy) is 2. The highest BCUT2D eigenvalue weighted by Gasteiger charge is 2.43. The van der Waals surface area contributed by atoms with Gasteiger partial charge in [0.15, 0.2) is 0 Å². The van der Waals surface area contributed by atoms with Crippen molar-refractivity contribution in [2.24, 2.45) is 0 Å². The van der Waals surface area contributed by atoms with Crippen LogP contribution in [0.25, 0.3) is 0 Å². The van der Waals surface area contributed by atoms with Crippen LogP contribution in [0.15, 0.2) is 24.3 Å². The highest BCUT2D eigenvalue weighted by molar-refractivity contribution is 6.32. The molecule has 92 valence electrons. The molecular weight excluding hydrogens is 244 g/mol. The molecule has 0 aliphatic carbocycles. The summed E-state index contributed by atoms with van der Waals surface area (Å²) in [6.07, 6.45) is 0.654. The molecule has 0 aromatic heterocycles. The van der Waals surface area contributed by atoms with Gasteiger partial charge in [-0.05, 0) is 12.1 Å². The lowest BCUT2D eigenvalue weighted by Gasteiger charge is -2.33. The van der Waals surface area contributed by atoms with Crippen molar-refractivity contribution in [1.82, 2.24) is 0 Å². The number of halogens is 1. The fourth-order valence-electron chi connectivity index (χ4n) is 1.80. The van der Waals surface area contributed by atoms with E-state index in [1.807, 2.05) is 0 Å². The molecule has 0 radical (unpaired) electrons. The number of carboxylic acids is 1. The third-order valence-corrected chi connectivity index (χ3v) is 3.14. The van der Waals surface area contributed by atoms with Crippen molar-refractivity contribution in [1.29, 1.82) is 0 Å². The third kappa shape index (κ3) is 2.53. The molecular formula is C12H13ClO4. The molecule has 1 N–H and O–H groups in total. The number of para-hydroxylation sites is 1. The van der Waals surface area contributed by atoms with Gasteiger partial charge in [0.2, 0.25) is 5.60 Å². The van der Waals surface area contributed by atoms with E-state index in [9.17, 15) is 9.90 Å². The monoisotopic (exact) mass is 256 g/mol. The van der Waals surface area contributed by atoms with Crippen molar-refractivity contribution in [3.63, 3.8) is 0 Å². The minimum atomic E-state index is -1.22. The van der Waals surface area contributed by atoms with Gasteiger partial charge in [-0.1, -0.05) is 23.7 Å². The van der Waals surface area contributed by atoms with E-state index in [4.69, 9.17) is 21.1 Å². The molecule has 1 heterocycles. The SMILES string of the molecule is O=C(O)C1(Oc2ccccc2Cl)CCOCC1. The number of rotatable bonds is 3. The van der Waals surface area contributed by atoms with Gasteiger partial charge in [-0.2, -0.15) is 0 Å². The van der Waals surface area contributed by atoms with Crippen LogP contribution in [0.3, 0.4) is 0 Å². The van der Waals surface area contributed by atoms with E-state index in [0.29, 0.717) is 36.8 Å². The zero-order chi connectivity index (χ0) is 12.3. The molecule has 0 bridgehead atoms. The number of aliphatic carboxylic acids is 1. The molecule has 0 saturated carbocycles. The molecule has 1 saturated heterocycles. The normalized spacial score (nSPS) is 18.6. The first-order valence-corrected chi connectivity index (χ1v) is 5.76. The summed E-state index contributed by atoms with van der Waals surface area (Å²) >= 11 is 5.96. The topological polar surface area (TPSA) is 55.8 Å². The molecule has 0 amide bonds. The Morgan fingerprint density at radius 2 is 2.00 bits per heavy atom. The van der Waals surface area contributed by atoms with Gasteiger partial charge in [0.25, 0.3) is 0 Å². The highest BCUT2D eigenvalue weighted by atomic mass is 35.5. The van der Waals surface area contributed by atoms with E-state index in [1.54, 1.807) is 24.3 Å². The van der Waals surface area contributed by atoms with Crippen molar-refractivity contribution in [2.75, 3.05) is 13.2 Å². The number of benzene rings is 1. The molecule has 0 spiro atoms. The summed E-state index contributed by atoms with van der Waals surface area (Å²) in [5.41, 5.74) is -1.22. The van der Waals surface area contributed by atoms with E-state index < -0.39 is 11.6 Å². The Balaban J connectivity index is 2.24.